The summed E-state index contributed by atoms with van der Waals surface area (Å²) in [6.45, 7) is 12.4. The molecular formula is C27H32N4O2S. The highest BCUT2D eigenvalue weighted by Gasteiger charge is 2.20. The second-order valence-corrected chi connectivity index (χ2v) is 10.2. The van der Waals surface area contributed by atoms with E-state index in [1.54, 1.807) is 6.08 Å². The third-order valence-corrected chi connectivity index (χ3v) is 6.45. The quantitative estimate of drug-likeness (QED) is 0.335. The zero-order valence-corrected chi connectivity index (χ0v) is 21.1. The SMILES string of the molecule is C=CCn1c(SCC(=O)NC(Cc2ccccc2)C(C)=O)nnc1-c1ccc(C(C)(C)C)cc1. The number of thioether (sulfide) groups is 1. The summed E-state index contributed by atoms with van der Waals surface area (Å²) in [5, 5.41) is 12.2. The van der Waals surface area contributed by atoms with Crippen LogP contribution < -0.4 is 5.32 Å². The summed E-state index contributed by atoms with van der Waals surface area (Å²) in [6, 6.07) is 17.4. The Hall–Kier alpha value is -3.19. The molecule has 0 aliphatic heterocycles. The van der Waals surface area contributed by atoms with Crippen LogP contribution in [0.5, 0.6) is 0 Å². The Kier molecular flexibility index (Phi) is 8.45. The summed E-state index contributed by atoms with van der Waals surface area (Å²) >= 11 is 1.30. The van der Waals surface area contributed by atoms with Crippen LogP contribution in [0.3, 0.4) is 0 Å². The Balaban J connectivity index is 1.69. The van der Waals surface area contributed by atoms with Crippen molar-refractivity contribution >= 4 is 23.5 Å². The Labute approximate surface area is 205 Å². The fourth-order valence-corrected chi connectivity index (χ4v) is 4.29. The third kappa shape index (κ3) is 6.67. The van der Waals surface area contributed by atoms with E-state index in [4.69, 9.17) is 0 Å². The topological polar surface area (TPSA) is 76.9 Å². The maximum atomic E-state index is 12.6. The molecule has 0 bridgehead atoms. The summed E-state index contributed by atoms with van der Waals surface area (Å²) in [6.07, 6.45) is 2.25. The first-order chi connectivity index (χ1) is 16.2. The molecule has 7 heteroatoms. The van der Waals surface area contributed by atoms with Crippen molar-refractivity contribution in [2.24, 2.45) is 0 Å². The van der Waals surface area contributed by atoms with E-state index in [0.717, 1.165) is 17.0 Å². The maximum Gasteiger partial charge on any atom is 0.231 e. The predicted molar refractivity (Wildman–Crippen MR) is 138 cm³/mol. The highest BCUT2D eigenvalue weighted by molar-refractivity contribution is 7.99. The first-order valence-electron chi connectivity index (χ1n) is 11.3. The lowest BCUT2D eigenvalue weighted by Gasteiger charge is -2.19. The summed E-state index contributed by atoms with van der Waals surface area (Å²) in [7, 11) is 0. The van der Waals surface area contributed by atoms with Gasteiger partial charge >= 0.3 is 0 Å². The molecule has 0 saturated heterocycles. The maximum absolute atomic E-state index is 12.6. The molecular weight excluding hydrogens is 444 g/mol. The molecule has 3 aromatic rings. The first kappa shape index (κ1) is 25.4. The lowest BCUT2D eigenvalue weighted by molar-refractivity contribution is -0.125. The largest absolute Gasteiger partial charge is 0.345 e. The van der Waals surface area contributed by atoms with Crippen LogP contribution in [-0.2, 0) is 28.0 Å². The summed E-state index contributed by atoms with van der Waals surface area (Å²) in [5.41, 5.74) is 3.27. The van der Waals surface area contributed by atoms with Crippen LogP contribution in [0, 0.1) is 0 Å². The molecule has 0 aliphatic rings. The minimum atomic E-state index is -0.557. The van der Waals surface area contributed by atoms with Crippen LogP contribution in [0.1, 0.15) is 38.8 Å². The van der Waals surface area contributed by atoms with Gasteiger partial charge in [0.15, 0.2) is 16.8 Å². The molecule has 0 radical (unpaired) electrons. The van der Waals surface area contributed by atoms with E-state index in [1.165, 1.54) is 24.2 Å². The van der Waals surface area contributed by atoms with Crippen molar-refractivity contribution in [3.05, 3.63) is 78.4 Å². The van der Waals surface area contributed by atoms with Crippen LogP contribution in [0.4, 0.5) is 0 Å². The molecule has 1 heterocycles. The molecule has 0 saturated carbocycles. The van der Waals surface area contributed by atoms with Gasteiger partial charge < -0.3 is 5.32 Å². The fourth-order valence-electron chi connectivity index (χ4n) is 3.53. The molecule has 1 atom stereocenters. The van der Waals surface area contributed by atoms with Crippen molar-refractivity contribution in [3.8, 4) is 11.4 Å². The average molecular weight is 477 g/mol. The number of nitrogens with zero attached hydrogens (tertiary/aromatic N) is 3. The van der Waals surface area contributed by atoms with E-state index in [9.17, 15) is 9.59 Å². The van der Waals surface area contributed by atoms with Gasteiger partial charge in [-0.25, -0.2) is 0 Å². The van der Waals surface area contributed by atoms with Gasteiger partial charge in [-0.15, -0.1) is 16.8 Å². The van der Waals surface area contributed by atoms with Gasteiger partial charge in [0, 0.05) is 12.1 Å². The number of ketones is 1. The van der Waals surface area contributed by atoms with Crippen molar-refractivity contribution in [1.82, 2.24) is 20.1 Å². The Morgan fingerprint density at radius 1 is 1.09 bits per heavy atom. The lowest BCUT2D eigenvalue weighted by atomic mass is 9.87. The Bertz CT molecular complexity index is 1130. The summed E-state index contributed by atoms with van der Waals surface area (Å²) in [4.78, 5) is 24.7. The second kappa shape index (κ2) is 11.3. The number of rotatable bonds is 10. The van der Waals surface area contributed by atoms with Crippen molar-refractivity contribution in [2.75, 3.05) is 5.75 Å². The van der Waals surface area contributed by atoms with E-state index in [2.05, 4.69) is 55.0 Å². The van der Waals surface area contributed by atoms with E-state index < -0.39 is 6.04 Å². The number of hydrogen-bond donors (Lipinski definition) is 1. The van der Waals surface area contributed by atoms with Gasteiger partial charge in [0.1, 0.15) is 0 Å². The number of carbonyl (C=O) groups excluding carboxylic acids is 2. The molecule has 0 fully saturated rings. The van der Waals surface area contributed by atoms with Gasteiger partial charge in [0.2, 0.25) is 5.91 Å². The van der Waals surface area contributed by atoms with Gasteiger partial charge in [-0.05, 0) is 29.9 Å². The van der Waals surface area contributed by atoms with Crippen LogP contribution in [0.25, 0.3) is 11.4 Å². The standard InChI is InChI=1S/C27H32N4O2S/c1-6-16-31-25(21-12-14-22(15-13-21)27(3,4)5)29-30-26(31)34-18-24(33)28-23(19(2)32)17-20-10-8-7-9-11-20/h6-15,23H,1,16-18H2,2-5H3,(H,28,33). The Morgan fingerprint density at radius 3 is 2.35 bits per heavy atom. The molecule has 6 nitrogen and oxygen atoms in total. The highest BCUT2D eigenvalue weighted by atomic mass is 32.2. The van der Waals surface area contributed by atoms with E-state index in [1.807, 2.05) is 47.0 Å². The number of carbonyl (C=O) groups is 2. The van der Waals surface area contributed by atoms with Gasteiger partial charge in [0.05, 0.1) is 11.8 Å². The number of nitrogens with one attached hydrogen (secondary N) is 1. The van der Waals surface area contributed by atoms with Crippen molar-refractivity contribution in [1.29, 1.82) is 0 Å². The van der Waals surface area contributed by atoms with E-state index in [0.29, 0.717) is 18.1 Å². The molecule has 178 valence electrons. The number of hydrogen-bond acceptors (Lipinski definition) is 5. The van der Waals surface area contributed by atoms with Crippen molar-refractivity contribution in [2.45, 2.75) is 57.3 Å². The van der Waals surface area contributed by atoms with Gasteiger partial charge in [-0.2, -0.15) is 0 Å². The predicted octanol–water partition coefficient (Wildman–Crippen LogP) is 4.84. The van der Waals surface area contributed by atoms with Crippen LogP contribution in [0.2, 0.25) is 0 Å². The molecule has 0 aliphatic carbocycles. The first-order valence-corrected chi connectivity index (χ1v) is 12.3. The van der Waals surface area contributed by atoms with Gasteiger partial charge in [-0.3, -0.25) is 14.2 Å². The van der Waals surface area contributed by atoms with Crippen LogP contribution in [0.15, 0.2) is 72.4 Å². The minimum Gasteiger partial charge on any atom is -0.345 e. The molecule has 1 N–H and O–H groups in total. The number of benzene rings is 2. The van der Waals surface area contributed by atoms with E-state index >= 15 is 0 Å². The molecule has 0 spiro atoms. The van der Waals surface area contributed by atoms with Crippen molar-refractivity contribution in [3.63, 3.8) is 0 Å². The van der Waals surface area contributed by atoms with Gasteiger partial charge in [-0.1, -0.05) is 93.2 Å². The monoisotopic (exact) mass is 476 g/mol. The molecule has 1 unspecified atom stereocenters. The number of amides is 1. The van der Waals surface area contributed by atoms with Crippen LogP contribution >= 0.6 is 11.8 Å². The fraction of sp³-hybridized carbons (Fsp3) is 0.333. The van der Waals surface area contributed by atoms with E-state index in [-0.39, 0.29) is 22.9 Å². The second-order valence-electron chi connectivity index (χ2n) is 9.24. The smallest absolute Gasteiger partial charge is 0.231 e. The molecule has 2 aromatic carbocycles. The number of aromatic nitrogens is 3. The third-order valence-electron chi connectivity index (χ3n) is 5.48. The molecule has 34 heavy (non-hydrogen) atoms. The van der Waals surface area contributed by atoms with Crippen LogP contribution in [-0.4, -0.2) is 38.2 Å². The average Bonchev–Trinajstić information content (AvgIpc) is 3.20. The zero-order chi connectivity index (χ0) is 24.7. The zero-order valence-electron chi connectivity index (χ0n) is 20.2. The number of allylic oxidation sites excluding steroid dienone is 1. The molecule has 1 amide bonds. The highest BCUT2D eigenvalue weighted by Crippen LogP contribution is 2.27. The number of Topliss-reactive ketones (excluding diaryl/α,β-unsaturated/α-hetero) is 1. The lowest BCUT2D eigenvalue weighted by Crippen LogP contribution is -2.42. The molecule has 3 rings (SSSR count). The normalized spacial score (nSPS) is 12.2. The summed E-state index contributed by atoms with van der Waals surface area (Å²) in [5.74, 6) is 0.578. The molecule has 1 aromatic heterocycles. The van der Waals surface area contributed by atoms with Crippen molar-refractivity contribution < 1.29 is 9.59 Å². The minimum absolute atomic E-state index is 0.0694. The Morgan fingerprint density at radius 2 is 1.76 bits per heavy atom. The van der Waals surface area contributed by atoms with Gasteiger partial charge in [0.25, 0.3) is 0 Å². The summed E-state index contributed by atoms with van der Waals surface area (Å²) < 4.78 is 1.95.